The van der Waals surface area contributed by atoms with Crippen molar-refractivity contribution in [1.29, 1.82) is 0 Å². The molecule has 1 heterocycles. The highest BCUT2D eigenvalue weighted by Gasteiger charge is 2.32. The van der Waals surface area contributed by atoms with Crippen molar-refractivity contribution in [2.45, 2.75) is 56.5 Å². The molecular weight excluding hydrogens is 609 g/mol. The number of ether oxygens (including phenoxy) is 1. The number of amides is 2. The maximum absolute atomic E-state index is 13.7. The summed E-state index contributed by atoms with van der Waals surface area (Å²) in [6.45, 7) is 7.91. The van der Waals surface area contributed by atoms with Gasteiger partial charge in [0, 0.05) is 24.5 Å². The zero-order chi connectivity index (χ0) is 33.4. The standard InChI is InChI=1S/C39H46N2O5S/c1-3-13-32(23-37(43)41-24-34-20-12-11-19-31(34)22-36(41)25-42)38(44)40-35(28-47-27-30-17-9-6-10-18-30)26-46-39(45)33(14-4-2)21-29-15-7-5-8-16-29/h3-12,15-20,32-33,35-36,42H,1-2,13-14,21-28H2,(H,40,44)/t32-,33-,35+,36-/m0/s1. The Hall–Kier alpha value is -4.14. The normalized spacial score (nSPS) is 15.9. The number of allylic oxidation sites excluding steroid dienone is 2. The number of hydrogen-bond donors (Lipinski definition) is 2. The van der Waals surface area contributed by atoms with Crippen LogP contribution >= 0.6 is 11.8 Å². The molecule has 4 rings (SSSR count). The third-order valence-electron chi connectivity index (χ3n) is 8.44. The summed E-state index contributed by atoms with van der Waals surface area (Å²) in [5.74, 6) is -0.590. The molecule has 7 nitrogen and oxygen atoms in total. The first-order valence-electron chi connectivity index (χ1n) is 16.2. The number of nitrogens with zero attached hydrogens (tertiary/aromatic N) is 1. The van der Waals surface area contributed by atoms with Crippen LogP contribution in [0.25, 0.3) is 0 Å². The number of carbonyl (C=O) groups is 3. The Morgan fingerprint density at radius 2 is 1.51 bits per heavy atom. The Balaban J connectivity index is 1.42. The van der Waals surface area contributed by atoms with Crippen LogP contribution in [0.1, 0.15) is 41.5 Å². The fourth-order valence-corrected chi connectivity index (χ4v) is 6.87. The van der Waals surface area contributed by atoms with E-state index in [9.17, 15) is 19.5 Å². The molecule has 2 N–H and O–H groups in total. The lowest BCUT2D eigenvalue weighted by Gasteiger charge is -2.36. The second kappa shape index (κ2) is 18.9. The highest BCUT2D eigenvalue weighted by Crippen LogP contribution is 2.25. The maximum atomic E-state index is 13.7. The number of fused-ring (bicyclic) bond motifs is 1. The fraction of sp³-hybridized carbons (Fsp3) is 0.359. The third-order valence-corrected chi connectivity index (χ3v) is 9.62. The summed E-state index contributed by atoms with van der Waals surface area (Å²) in [7, 11) is 0. The summed E-state index contributed by atoms with van der Waals surface area (Å²) >= 11 is 1.64. The molecule has 0 radical (unpaired) electrons. The quantitative estimate of drug-likeness (QED) is 0.131. The molecule has 47 heavy (non-hydrogen) atoms. The summed E-state index contributed by atoms with van der Waals surface area (Å²) < 4.78 is 5.83. The minimum absolute atomic E-state index is 0.0129. The van der Waals surface area contributed by atoms with Gasteiger partial charge in [0.2, 0.25) is 11.8 Å². The van der Waals surface area contributed by atoms with Crippen LogP contribution in [0.5, 0.6) is 0 Å². The van der Waals surface area contributed by atoms with Crippen molar-refractivity contribution >= 4 is 29.5 Å². The number of thioether (sulfide) groups is 1. The topological polar surface area (TPSA) is 95.9 Å². The van der Waals surface area contributed by atoms with Crippen molar-refractivity contribution in [2.75, 3.05) is 19.0 Å². The number of nitrogens with one attached hydrogen (secondary N) is 1. The molecule has 8 heteroatoms. The van der Waals surface area contributed by atoms with Crippen molar-refractivity contribution < 1.29 is 24.2 Å². The Kier molecular flexibility index (Phi) is 14.3. The molecule has 0 spiro atoms. The Labute approximate surface area is 283 Å². The van der Waals surface area contributed by atoms with E-state index in [0.29, 0.717) is 38.0 Å². The molecule has 248 valence electrons. The van der Waals surface area contributed by atoms with Gasteiger partial charge in [-0.15, -0.1) is 13.2 Å². The van der Waals surface area contributed by atoms with E-state index in [1.165, 1.54) is 0 Å². The molecule has 0 fully saturated rings. The summed E-state index contributed by atoms with van der Waals surface area (Å²) in [6, 6.07) is 27.0. The SMILES string of the molecule is C=CC[C@@H](CC(=O)N1Cc2ccccc2C[C@H]1CO)C(=O)N[C@H](COC(=O)[C@@H](CC=C)Cc1ccccc1)CSCc1ccccc1. The number of aliphatic hydroxyl groups is 1. The molecular formula is C39H46N2O5S. The average Bonchev–Trinajstić information content (AvgIpc) is 3.10. The number of carbonyl (C=O) groups excluding carboxylic acids is 3. The molecule has 2 amide bonds. The van der Waals surface area contributed by atoms with Crippen LogP contribution < -0.4 is 5.32 Å². The lowest BCUT2D eigenvalue weighted by molar-refractivity contribution is -0.149. The first-order chi connectivity index (χ1) is 22.9. The number of benzene rings is 3. The van der Waals surface area contributed by atoms with Gasteiger partial charge in [0.1, 0.15) is 6.61 Å². The van der Waals surface area contributed by atoms with E-state index >= 15 is 0 Å². The zero-order valence-corrected chi connectivity index (χ0v) is 27.8. The van der Waals surface area contributed by atoms with Crippen LogP contribution in [0.2, 0.25) is 0 Å². The van der Waals surface area contributed by atoms with Crippen LogP contribution in [0.15, 0.2) is 110 Å². The average molecular weight is 655 g/mol. The van der Waals surface area contributed by atoms with Crippen LogP contribution in [-0.2, 0) is 44.3 Å². The van der Waals surface area contributed by atoms with Gasteiger partial charge in [-0.3, -0.25) is 14.4 Å². The van der Waals surface area contributed by atoms with Crippen LogP contribution in [0.3, 0.4) is 0 Å². The van der Waals surface area contributed by atoms with Gasteiger partial charge >= 0.3 is 5.97 Å². The fourth-order valence-electron chi connectivity index (χ4n) is 5.86. The van der Waals surface area contributed by atoms with E-state index < -0.39 is 12.0 Å². The van der Waals surface area contributed by atoms with Crippen LogP contribution in [0.4, 0.5) is 0 Å². The molecule has 4 atom stereocenters. The Morgan fingerprint density at radius 3 is 2.17 bits per heavy atom. The maximum Gasteiger partial charge on any atom is 0.309 e. The molecule has 0 aliphatic carbocycles. The van der Waals surface area contributed by atoms with Gasteiger partial charge in [0.15, 0.2) is 0 Å². The van der Waals surface area contributed by atoms with Gasteiger partial charge < -0.3 is 20.1 Å². The molecule has 0 saturated heterocycles. The van der Waals surface area contributed by atoms with E-state index in [2.05, 4.69) is 30.6 Å². The summed E-state index contributed by atoms with van der Waals surface area (Å²) in [5, 5.41) is 13.2. The van der Waals surface area contributed by atoms with E-state index in [-0.39, 0.29) is 49.4 Å². The first kappa shape index (κ1) is 35.7. The van der Waals surface area contributed by atoms with E-state index in [1.807, 2.05) is 72.8 Å². The van der Waals surface area contributed by atoms with Crippen molar-refractivity contribution in [3.63, 3.8) is 0 Å². The smallest absolute Gasteiger partial charge is 0.309 e. The second-order valence-corrected chi connectivity index (χ2v) is 13.0. The molecule has 3 aromatic carbocycles. The van der Waals surface area contributed by atoms with E-state index in [4.69, 9.17) is 4.74 Å². The lowest BCUT2D eigenvalue weighted by atomic mass is 9.92. The van der Waals surface area contributed by atoms with Crippen LogP contribution in [-0.4, -0.2) is 58.8 Å². The highest BCUT2D eigenvalue weighted by molar-refractivity contribution is 7.98. The Bertz CT molecular complexity index is 1460. The zero-order valence-electron chi connectivity index (χ0n) is 27.0. The number of rotatable bonds is 18. The molecule has 0 unspecified atom stereocenters. The molecule has 0 saturated carbocycles. The van der Waals surface area contributed by atoms with Gasteiger partial charge in [0.05, 0.1) is 30.5 Å². The summed E-state index contributed by atoms with van der Waals surface area (Å²) in [5.41, 5.74) is 4.37. The van der Waals surface area contributed by atoms with Gasteiger partial charge in [-0.2, -0.15) is 11.8 Å². The van der Waals surface area contributed by atoms with Crippen molar-refractivity contribution in [3.8, 4) is 0 Å². The van der Waals surface area contributed by atoms with Crippen LogP contribution in [0, 0.1) is 11.8 Å². The van der Waals surface area contributed by atoms with Crippen molar-refractivity contribution in [3.05, 3.63) is 132 Å². The molecule has 1 aliphatic rings. The van der Waals surface area contributed by atoms with E-state index in [0.717, 1.165) is 28.0 Å². The first-order valence-corrected chi connectivity index (χ1v) is 17.4. The van der Waals surface area contributed by atoms with Gasteiger partial charge in [-0.05, 0) is 47.9 Å². The van der Waals surface area contributed by atoms with Gasteiger partial charge in [0.25, 0.3) is 0 Å². The largest absolute Gasteiger partial charge is 0.463 e. The minimum atomic E-state index is -0.652. The van der Waals surface area contributed by atoms with Crippen molar-refractivity contribution in [2.24, 2.45) is 11.8 Å². The predicted molar refractivity (Wildman–Crippen MR) is 188 cm³/mol. The van der Waals surface area contributed by atoms with E-state index in [1.54, 1.807) is 28.8 Å². The highest BCUT2D eigenvalue weighted by atomic mass is 32.2. The Morgan fingerprint density at radius 1 is 0.894 bits per heavy atom. The number of esters is 1. The number of aliphatic hydroxyl groups excluding tert-OH is 1. The minimum Gasteiger partial charge on any atom is -0.463 e. The summed E-state index contributed by atoms with van der Waals surface area (Å²) in [4.78, 5) is 42.3. The van der Waals surface area contributed by atoms with Gasteiger partial charge in [-0.1, -0.05) is 97.1 Å². The molecule has 3 aromatic rings. The van der Waals surface area contributed by atoms with Crippen molar-refractivity contribution in [1.82, 2.24) is 10.2 Å². The monoisotopic (exact) mass is 654 g/mol. The summed E-state index contributed by atoms with van der Waals surface area (Å²) in [6.07, 6.45) is 5.25. The van der Waals surface area contributed by atoms with Gasteiger partial charge in [-0.25, -0.2) is 0 Å². The predicted octanol–water partition coefficient (Wildman–Crippen LogP) is 5.91. The number of hydrogen-bond acceptors (Lipinski definition) is 6. The third kappa shape index (κ3) is 11.0. The molecule has 0 aromatic heterocycles. The molecule has 1 aliphatic heterocycles. The lowest BCUT2D eigenvalue weighted by Crippen LogP contribution is -2.48. The molecule has 0 bridgehead atoms. The second-order valence-electron chi connectivity index (χ2n) is 12.0.